The number of H-pyrrole nitrogens is 1. The monoisotopic (exact) mass is 342 g/mol. The van der Waals surface area contributed by atoms with E-state index in [1.807, 2.05) is 27.5 Å². The normalized spacial score (nSPS) is 20.7. The first-order valence-corrected chi connectivity index (χ1v) is 8.73. The van der Waals surface area contributed by atoms with Crippen molar-refractivity contribution < 1.29 is 9.59 Å². The fourth-order valence-electron chi connectivity index (χ4n) is 3.69. The van der Waals surface area contributed by atoms with Crippen LogP contribution in [0, 0.1) is 6.92 Å². The Morgan fingerprint density at radius 3 is 3.00 bits per heavy atom. The molecule has 1 N–H and O–H groups in total. The van der Waals surface area contributed by atoms with Gasteiger partial charge in [0.25, 0.3) is 5.91 Å². The smallest absolute Gasteiger partial charge is 0.272 e. The number of aromatic nitrogens is 4. The number of rotatable bonds is 3. The number of likely N-dealkylation sites (tertiary alicyclic amines) is 1. The number of fused-ring (bicyclic) bond motifs is 1. The van der Waals surface area contributed by atoms with E-state index in [9.17, 15) is 9.59 Å². The van der Waals surface area contributed by atoms with E-state index in [0.717, 1.165) is 37.4 Å². The second-order valence-corrected chi connectivity index (χ2v) is 6.75. The maximum absolute atomic E-state index is 13.1. The molecule has 4 heterocycles. The van der Waals surface area contributed by atoms with Crippen LogP contribution in [0.15, 0.2) is 18.5 Å². The molecule has 2 aliphatic rings. The third-order valence-electron chi connectivity index (χ3n) is 5.05. The standard InChI is InChI=1S/C17H22N6O2/c1-12-18-9-15(20-12)17(25)22-11-14-4-6-19-23(14)8-5-13(22)10-21-7-2-3-16(21)24/h4,6,9,13H,2-3,5,7-8,10-11H2,1H3,(H,18,20)/t13-/m0/s1. The first-order chi connectivity index (χ1) is 12.1. The summed E-state index contributed by atoms with van der Waals surface area (Å²) in [5.74, 6) is 0.827. The molecule has 1 atom stereocenters. The van der Waals surface area contributed by atoms with Crippen LogP contribution >= 0.6 is 0 Å². The van der Waals surface area contributed by atoms with Crippen LogP contribution in [0.25, 0.3) is 0 Å². The third kappa shape index (κ3) is 3.04. The van der Waals surface area contributed by atoms with E-state index in [1.54, 1.807) is 12.4 Å². The molecule has 1 saturated heterocycles. The Kier molecular flexibility index (Phi) is 4.03. The van der Waals surface area contributed by atoms with Crippen LogP contribution in [0.3, 0.4) is 0 Å². The van der Waals surface area contributed by atoms with E-state index in [-0.39, 0.29) is 17.9 Å². The Balaban J connectivity index is 1.61. The van der Waals surface area contributed by atoms with E-state index in [4.69, 9.17) is 0 Å². The fourth-order valence-corrected chi connectivity index (χ4v) is 3.69. The number of carbonyl (C=O) groups excluding carboxylic acids is 2. The van der Waals surface area contributed by atoms with Gasteiger partial charge in [-0.3, -0.25) is 14.3 Å². The predicted octanol–water partition coefficient (Wildman–Crippen LogP) is 0.952. The molecule has 8 heteroatoms. The fraction of sp³-hybridized carbons (Fsp3) is 0.529. The first kappa shape index (κ1) is 15.9. The molecule has 2 aliphatic heterocycles. The van der Waals surface area contributed by atoms with Crippen molar-refractivity contribution in [2.24, 2.45) is 0 Å². The maximum atomic E-state index is 13.1. The predicted molar refractivity (Wildman–Crippen MR) is 89.6 cm³/mol. The van der Waals surface area contributed by atoms with Crippen LogP contribution in [0.4, 0.5) is 0 Å². The van der Waals surface area contributed by atoms with Crippen molar-refractivity contribution in [2.75, 3.05) is 13.1 Å². The zero-order chi connectivity index (χ0) is 17.4. The second-order valence-electron chi connectivity index (χ2n) is 6.75. The molecule has 0 aliphatic carbocycles. The van der Waals surface area contributed by atoms with Gasteiger partial charge in [-0.2, -0.15) is 5.10 Å². The molecule has 2 aromatic rings. The van der Waals surface area contributed by atoms with Crippen LogP contribution in [0.2, 0.25) is 0 Å². The van der Waals surface area contributed by atoms with Gasteiger partial charge in [-0.1, -0.05) is 0 Å². The lowest BCUT2D eigenvalue weighted by Gasteiger charge is -2.32. The highest BCUT2D eigenvalue weighted by atomic mass is 16.2. The summed E-state index contributed by atoms with van der Waals surface area (Å²) in [6, 6.07) is 1.92. The number of nitrogens with zero attached hydrogens (tertiary/aromatic N) is 5. The van der Waals surface area contributed by atoms with E-state index in [0.29, 0.717) is 25.2 Å². The summed E-state index contributed by atoms with van der Waals surface area (Å²) < 4.78 is 1.95. The molecule has 4 rings (SSSR count). The zero-order valence-corrected chi connectivity index (χ0v) is 14.3. The average Bonchev–Trinajstić information content (AvgIpc) is 3.29. The van der Waals surface area contributed by atoms with Crippen LogP contribution < -0.4 is 0 Å². The van der Waals surface area contributed by atoms with Gasteiger partial charge in [-0.25, -0.2) is 4.98 Å². The van der Waals surface area contributed by atoms with E-state index < -0.39 is 0 Å². The number of imidazole rings is 1. The molecule has 2 aromatic heterocycles. The lowest BCUT2D eigenvalue weighted by atomic mass is 10.1. The minimum atomic E-state index is -0.0769. The molecule has 1 fully saturated rings. The van der Waals surface area contributed by atoms with Crippen LogP contribution in [-0.2, 0) is 17.9 Å². The van der Waals surface area contributed by atoms with Crippen molar-refractivity contribution in [2.45, 2.75) is 45.3 Å². The van der Waals surface area contributed by atoms with E-state index in [2.05, 4.69) is 15.1 Å². The lowest BCUT2D eigenvalue weighted by Crippen LogP contribution is -2.46. The summed E-state index contributed by atoms with van der Waals surface area (Å²) >= 11 is 0. The topological polar surface area (TPSA) is 87.1 Å². The SMILES string of the molecule is Cc1ncc(C(=O)N2Cc3ccnn3CC[C@H]2CN2CCCC2=O)[nH]1. The summed E-state index contributed by atoms with van der Waals surface area (Å²) in [4.78, 5) is 36.0. The number of aryl methyl sites for hydroxylation is 2. The van der Waals surface area contributed by atoms with E-state index >= 15 is 0 Å². The molecule has 0 radical (unpaired) electrons. The minimum absolute atomic E-state index is 0.0279. The molecule has 0 unspecified atom stereocenters. The van der Waals surface area contributed by atoms with Crippen molar-refractivity contribution in [1.29, 1.82) is 0 Å². The highest BCUT2D eigenvalue weighted by molar-refractivity contribution is 5.92. The Hall–Kier alpha value is -2.64. The summed E-state index contributed by atoms with van der Waals surface area (Å²) in [6.45, 7) is 4.44. The Bertz CT molecular complexity index is 795. The molecule has 0 spiro atoms. The number of amides is 2. The van der Waals surface area contributed by atoms with E-state index in [1.165, 1.54) is 0 Å². The molecule has 25 heavy (non-hydrogen) atoms. The quantitative estimate of drug-likeness (QED) is 0.900. The summed E-state index contributed by atoms with van der Waals surface area (Å²) in [5.41, 5.74) is 1.50. The first-order valence-electron chi connectivity index (χ1n) is 8.73. The van der Waals surface area contributed by atoms with Crippen LogP contribution in [0.5, 0.6) is 0 Å². The Labute approximate surface area is 145 Å². The van der Waals surface area contributed by atoms with Gasteiger partial charge < -0.3 is 14.8 Å². The van der Waals surface area contributed by atoms with Gasteiger partial charge in [-0.15, -0.1) is 0 Å². The van der Waals surface area contributed by atoms with Crippen molar-refractivity contribution in [3.8, 4) is 0 Å². The van der Waals surface area contributed by atoms with Gasteiger partial charge in [-0.05, 0) is 25.8 Å². The largest absolute Gasteiger partial charge is 0.341 e. The number of aromatic amines is 1. The number of nitrogens with one attached hydrogen (secondary N) is 1. The maximum Gasteiger partial charge on any atom is 0.272 e. The average molecular weight is 342 g/mol. The van der Waals surface area contributed by atoms with Crippen molar-refractivity contribution in [3.63, 3.8) is 0 Å². The summed E-state index contributed by atoms with van der Waals surface area (Å²) in [7, 11) is 0. The second kappa shape index (κ2) is 6.34. The molecule has 0 saturated carbocycles. The molecular formula is C17H22N6O2. The summed E-state index contributed by atoms with van der Waals surface area (Å²) in [5, 5.41) is 4.35. The van der Waals surface area contributed by atoms with Gasteiger partial charge in [0.05, 0.1) is 24.5 Å². The third-order valence-corrected chi connectivity index (χ3v) is 5.05. The Morgan fingerprint density at radius 1 is 1.40 bits per heavy atom. The Morgan fingerprint density at radius 2 is 2.28 bits per heavy atom. The minimum Gasteiger partial charge on any atom is -0.341 e. The molecule has 0 bridgehead atoms. The molecular weight excluding hydrogens is 320 g/mol. The number of hydrogen-bond acceptors (Lipinski definition) is 4. The molecule has 8 nitrogen and oxygen atoms in total. The van der Waals surface area contributed by atoms with Crippen molar-refractivity contribution in [1.82, 2.24) is 29.5 Å². The van der Waals surface area contributed by atoms with Gasteiger partial charge in [0.2, 0.25) is 5.91 Å². The van der Waals surface area contributed by atoms with Crippen molar-refractivity contribution >= 4 is 11.8 Å². The number of carbonyl (C=O) groups is 2. The van der Waals surface area contributed by atoms with Gasteiger partial charge in [0.1, 0.15) is 11.5 Å². The van der Waals surface area contributed by atoms with Gasteiger partial charge in [0, 0.05) is 32.3 Å². The molecule has 132 valence electrons. The molecule has 2 amide bonds. The van der Waals surface area contributed by atoms with Gasteiger partial charge >= 0.3 is 0 Å². The number of hydrogen-bond donors (Lipinski definition) is 1. The highest BCUT2D eigenvalue weighted by Gasteiger charge is 2.33. The molecule has 0 aromatic carbocycles. The van der Waals surface area contributed by atoms with Gasteiger partial charge in [0.15, 0.2) is 0 Å². The van der Waals surface area contributed by atoms with Crippen molar-refractivity contribution in [3.05, 3.63) is 35.7 Å². The van der Waals surface area contributed by atoms with Crippen LogP contribution in [0.1, 0.15) is 41.3 Å². The summed E-state index contributed by atoms with van der Waals surface area (Å²) in [6.07, 6.45) is 5.64. The lowest BCUT2D eigenvalue weighted by molar-refractivity contribution is -0.128. The van der Waals surface area contributed by atoms with Crippen LogP contribution in [-0.4, -0.2) is 60.5 Å². The highest BCUT2D eigenvalue weighted by Crippen LogP contribution is 2.22. The zero-order valence-electron chi connectivity index (χ0n) is 14.3.